The number of ether oxygens (including phenoxy) is 1. The SMILES string of the molecule is Cc1cccc(C(=O)NOC2CCCCO2)c1C. The highest BCUT2D eigenvalue weighted by Crippen LogP contribution is 2.14. The van der Waals surface area contributed by atoms with Crippen LogP contribution < -0.4 is 5.48 Å². The molecule has 0 bridgehead atoms. The van der Waals surface area contributed by atoms with Crippen LogP contribution in [0.5, 0.6) is 0 Å². The van der Waals surface area contributed by atoms with Gasteiger partial charge in [-0.2, -0.15) is 0 Å². The van der Waals surface area contributed by atoms with Crippen molar-refractivity contribution in [2.75, 3.05) is 6.61 Å². The first-order valence-corrected chi connectivity index (χ1v) is 6.32. The van der Waals surface area contributed by atoms with Crippen LogP contribution in [0.3, 0.4) is 0 Å². The average Bonchev–Trinajstić information content (AvgIpc) is 2.40. The van der Waals surface area contributed by atoms with Gasteiger partial charge in [0.05, 0.1) is 0 Å². The van der Waals surface area contributed by atoms with Crippen molar-refractivity contribution < 1.29 is 14.4 Å². The smallest absolute Gasteiger partial charge is 0.275 e. The summed E-state index contributed by atoms with van der Waals surface area (Å²) in [6.45, 7) is 4.61. The topological polar surface area (TPSA) is 47.6 Å². The molecule has 1 aromatic rings. The molecule has 0 saturated carbocycles. The lowest BCUT2D eigenvalue weighted by molar-refractivity contribution is -0.186. The van der Waals surface area contributed by atoms with E-state index in [4.69, 9.17) is 9.57 Å². The number of hydrogen-bond donors (Lipinski definition) is 1. The standard InChI is InChI=1S/C14H19NO3/c1-10-6-5-7-12(11(10)2)14(16)15-18-13-8-3-4-9-17-13/h5-7,13H,3-4,8-9H2,1-2H3,(H,15,16). The Morgan fingerprint density at radius 2 is 2.22 bits per heavy atom. The van der Waals surface area contributed by atoms with Crippen molar-refractivity contribution in [3.63, 3.8) is 0 Å². The molecule has 4 heteroatoms. The zero-order valence-electron chi connectivity index (χ0n) is 10.9. The van der Waals surface area contributed by atoms with Crippen molar-refractivity contribution in [3.05, 3.63) is 34.9 Å². The second kappa shape index (κ2) is 5.98. The van der Waals surface area contributed by atoms with Gasteiger partial charge in [0.2, 0.25) is 0 Å². The number of nitrogens with one attached hydrogen (secondary N) is 1. The molecule has 18 heavy (non-hydrogen) atoms. The lowest BCUT2D eigenvalue weighted by atomic mass is 10.0. The van der Waals surface area contributed by atoms with Gasteiger partial charge in [0.25, 0.3) is 5.91 Å². The molecule has 1 atom stereocenters. The van der Waals surface area contributed by atoms with E-state index >= 15 is 0 Å². The minimum atomic E-state index is -0.312. The van der Waals surface area contributed by atoms with Crippen LogP contribution in [0.15, 0.2) is 18.2 Å². The summed E-state index contributed by atoms with van der Waals surface area (Å²) in [7, 11) is 0. The predicted molar refractivity (Wildman–Crippen MR) is 68.1 cm³/mol. The van der Waals surface area contributed by atoms with Crippen LogP contribution in [0.2, 0.25) is 0 Å². The second-order valence-corrected chi connectivity index (χ2v) is 4.59. The normalized spacial score (nSPS) is 19.6. The molecule has 1 aliphatic heterocycles. The Kier molecular flexibility index (Phi) is 4.33. The van der Waals surface area contributed by atoms with E-state index in [1.807, 2.05) is 26.0 Å². The Balaban J connectivity index is 1.93. The van der Waals surface area contributed by atoms with E-state index in [1.54, 1.807) is 6.07 Å². The molecule has 0 aromatic heterocycles. The highest BCUT2D eigenvalue weighted by molar-refractivity contribution is 5.95. The molecule has 0 radical (unpaired) electrons. The highest BCUT2D eigenvalue weighted by atomic mass is 16.8. The largest absolute Gasteiger partial charge is 0.350 e. The Morgan fingerprint density at radius 1 is 1.39 bits per heavy atom. The van der Waals surface area contributed by atoms with Gasteiger partial charge in [-0.15, -0.1) is 0 Å². The van der Waals surface area contributed by atoms with E-state index < -0.39 is 0 Å². The first kappa shape index (κ1) is 13.1. The first-order chi connectivity index (χ1) is 8.68. The van der Waals surface area contributed by atoms with Crippen molar-refractivity contribution in [3.8, 4) is 0 Å². The van der Waals surface area contributed by atoms with Crippen molar-refractivity contribution in [2.24, 2.45) is 0 Å². The summed E-state index contributed by atoms with van der Waals surface area (Å²) in [5.41, 5.74) is 5.19. The maximum atomic E-state index is 12.0. The third kappa shape index (κ3) is 3.09. The summed E-state index contributed by atoms with van der Waals surface area (Å²) < 4.78 is 5.38. The second-order valence-electron chi connectivity index (χ2n) is 4.59. The number of hydroxylamine groups is 1. The maximum absolute atomic E-state index is 12.0. The van der Waals surface area contributed by atoms with Crippen LogP contribution in [-0.2, 0) is 9.57 Å². The van der Waals surface area contributed by atoms with E-state index in [-0.39, 0.29) is 12.2 Å². The maximum Gasteiger partial charge on any atom is 0.275 e. The van der Waals surface area contributed by atoms with Crippen molar-refractivity contribution in [2.45, 2.75) is 39.4 Å². The molecule has 4 nitrogen and oxygen atoms in total. The number of aryl methyl sites for hydroxylation is 1. The van der Waals surface area contributed by atoms with Gasteiger partial charge in [-0.25, -0.2) is 10.3 Å². The Hall–Kier alpha value is -1.39. The number of carbonyl (C=O) groups is 1. The Labute approximate surface area is 107 Å². The van der Waals surface area contributed by atoms with Crippen LogP contribution in [0.1, 0.15) is 40.7 Å². The molecule has 0 aliphatic carbocycles. The molecule has 1 fully saturated rings. The van der Waals surface area contributed by atoms with Crippen LogP contribution >= 0.6 is 0 Å². The highest BCUT2D eigenvalue weighted by Gasteiger charge is 2.17. The lowest BCUT2D eigenvalue weighted by Crippen LogP contribution is -2.33. The fraction of sp³-hybridized carbons (Fsp3) is 0.500. The summed E-state index contributed by atoms with van der Waals surface area (Å²) in [4.78, 5) is 17.2. The number of amides is 1. The fourth-order valence-electron chi connectivity index (χ4n) is 1.98. The van der Waals surface area contributed by atoms with Crippen LogP contribution in [0.25, 0.3) is 0 Å². The van der Waals surface area contributed by atoms with E-state index in [0.29, 0.717) is 12.2 Å². The van der Waals surface area contributed by atoms with E-state index in [2.05, 4.69) is 5.48 Å². The minimum Gasteiger partial charge on any atom is -0.350 e. The molecule has 2 rings (SSSR count). The van der Waals surface area contributed by atoms with Gasteiger partial charge in [-0.3, -0.25) is 4.79 Å². The molecule has 0 spiro atoms. The van der Waals surface area contributed by atoms with Crippen molar-refractivity contribution in [1.29, 1.82) is 0 Å². The Morgan fingerprint density at radius 3 is 2.94 bits per heavy atom. The van der Waals surface area contributed by atoms with Crippen molar-refractivity contribution in [1.82, 2.24) is 5.48 Å². The number of rotatable bonds is 3. The molecule has 1 heterocycles. The van der Waals surface area contributed by atoms with Crippen molar-refractivity contribution >= 4 is 5.91 Å². The summed E-state index contributed by atoms with van der Waals surface area (Å²) in [5.74, 6) is -0.217. The van der Waals surface area contributed by atoms with Crippen LogP contribution in [0.4, 0.5) is 0 Å². The third-order valence-electron chi connectivity index (χ3n) is 3.27. The zero-order valence-corrected chi connectivity index (χ0v) is 10.9. The van der Waals surface area contributed by atoms with Gasteiger partial charge < -0.3 is 4.74 Å². The van der Waals surface area contributed by atoms with Gasteiger partial charge in [0.1, 0.15) is 0 Å². The Bertz CT molecular complexity index is 425. The quantitative estimate of drug-likeness (QED) is 0.837. The van der Waals surface area contributed by atoms with Gasteiger partial charge in [0.15, 0.2) is 6.29 Å². The molecule has 1 unspecified atom stereocenters. The number of hydrogen-bond acceptors (Lipinski definition) is 3. The third-order valence-corrected chi connectivity index (χ3v) is 3.27. The number of carbonyl (C=O) groups excluding carboxylic acids is 1. The summed E-state index contributed by atoms with van der Waals surface area (Å²) in [5, 5.41) is 0. The summed E-state index contributed by atoms with van der Waals surface area (Å²) in [6, 6.07) is 5.65. The van der Waals surface area contributed by atoms with Gasteiger partial charge in [-0.05, 0) is 43.9 Å². The molecule has 1 amide bonds. The molecular formula is C14H19NO3. The monoisotopic (exact) mass is 249 g/mol. The zero-order chi connectivity index (χ0) is 13.0. The molecule has 1 aliphatic rings. The average molecular weight is 249 g/mol. The molecule has 1 N–H and O–H groups in total. The van der Waals surface area contributed by atoms with Gasteiger partial charge in [0, 0.05) is 18.6 Å². The number of benzene rings is 1. The van der Waals surface area contributed by atoms with E-state index in [9.17, 15) is 4.79 Å². The van der Waals surface area contributed by atoms with E-state index in [0.717, 1.165) is 30.4 Å². The molecule has 98 valence electrons. The summed E-state index contributed by atoms with van der Waals surface area (Å²) in [6.07, 6.45) is 2.65. The van der Waals surface area contributed by atoms with Gasteiger partial charge >= 0.3 is 0 Å². The lowest BCUT2D eigenvalue weighted by Gasteiger charge is -2.22. The first-order valence-electron chi connectivity index (χ1n) is 6.32. The minimum absolute atomic E-state index is 0.217. The molecule has 1 aromatic carbocycles. The van der Waals surface area contributed by atoms with E-state index in [1.165, 1.54) is 0 Å². The van der Waals surface area contributed by atoms with Crippen LogP contribution in [0, 0.1) is 13.8 Å². The molecule has 1 saturated heterocycles. The molecular weight excluding hydrogens is 230 g/mol. The fourth-order valence-corrected chi connectivity index (χ4v) is 1.98. The predicted octanol–water partition coefficient (Wildman–Crippen LogP) is 2.49. The summed E-state index contributed by atoms with van der Waals surface area (Å²) >= 11 is 0. The van der Waals surface area contributed by atoms with Gasteiger partial charge in [-0.1, -0.05) is 12.1 Å². The van der Waals surface area contributed by atoms with Crippen LogP contribution in [-0.4, -0.2) is 18.8 Å².